The second kappa shape index (κ2) is 7.88. The molecule has 3 rings (SSSR count). The van der Waals surface area contributed by atoms with Crippen LogP contribution < -0.4 is 4.74 Å². The number of nitrogens with zero attached hydrogens (tertiary/aromatic N) is 1. The number of carbonyl (C=O) groups excluding carboxylic acids is 1. The standard InChI is InChI=1S/C21H17NO2/c23-21(20-8-4-5-15-22-20)14-11-17-9-12-19(13-10-17)24-16-18-6-2-1-3-7-18/h1-15H,16H2/b14-11+. The summed E-state index contributed by atoms with van der Waals surface area (Å²) in [6.07, 6.45) is 4.92. The van der Waals surface area contributed by atoms with Crippen molar-refractivity contribution in [3.8, 4) is 5.75 Å². The van der Waals surface area contributed by atoms with E-state index in [1.807, 2.05) is 54.6 Å². The topological polar surface area (TPSA) is 39.2 Å². The van der Waals surface area contributed by atoms with E-state index in [0.29, 0.717) is 12.3 Å². The van der Waals surface area contributed by atoms with Crippen molar-refractivity contribution in [3.63, 3.8) is 0 Å². The minimum atomic E-state index is -0.111. The number of allylic oxidation sites excluding steroid dienone is 1. The molecule has 0 radical (unpaired) electrons. The molecule has 118 valence electrons. The molecule has 2 aromatic carbocycles. The Bertz CT molecular complexity index is 809. The fraction of sp³-hybridized carbons (Fsp3) is 0.0476. The first-order chi connectivity index (χ1) is 11.8. The smallest absolute Gasteiger partial charge is 0.204 e. The van der Waals surface area contributed by atoms with Gasteiger partial charge in [-0.2, -0.15) is 0 Å². The van der Waals surface area contributed by atoms with Gasteiger partial charge in [-0.3, -0.25) is 9.78 Å². The molecule has 0 N–H and O–H groups in total. The molecule has 3 heteroatoms. The second-order valence-corrected chi connectivity index (χ2v) is 5.26. The Labute approximate surface area is 141 Å². The summed E-state index contributed by atoms with van der Waals surface area (Å²) in [5.74, 6) is 0.687. The predicted molar refractivity (Wildman–Crippen MR) is 94.8 cm³/mol. The summed E-state index contributed by atoms with van der Waals surface area (Å²) in [4.78, 5) is 16.0. The van der Waals surface area contributed by atoms with Gasteiger partial charge in [0.05, 0.1) is 0 Å². The van der Waals surface area contributed by atoms with E-state index < -0.39 is 0 Å². The number of benzene rings is 2. The largest absolute Gasteiger partial charge is 0.489 e. The van der Waals surface area contributed by atoms with Crippen LogP contribution in [0.15, 0.2) is 85.1 Å². The van der Waals surface area contributed by atoms with Crippen LogP contribution in [-0.2, 0) is 6.61 Å². The molecule has 24 heavy (non-hydrogen) atoms. The quantitative estimate of drug-likeness (QED) is 0.494. The summed E-state index contributed by atoms with van der Waals surface area (Å²) < 4.78 is 5.74. The fourth-order valence-electron chi connectivity index (χ4n) is 2.18. The SMILES string of the molecule is O=C(/C=C/c1ccc(OCc2ccccc2)cc1)c1ccccn1. The van der Waals surface area contributed by atoms with Crippen LogP contribution in [0, 0.1) is 0 Å². The molecule has 3 nitrogen and oxygen atoms in total. The lowest BCUT2D eigenvalue weighted by Gasteiger charge is -2.06. The van der Waals surface area contributed by atoms with E-state index in [4.69, 9.17) is 4.74 Å². The number of carbonyl (C=O) groups is 1. The first-order valence-corrected chi connectivity index (χ1v) is 7.71. The molecular weight excluding hydrogens is 298 g/mol. The van der Waals surface area contributed by atoms with Gasteiger partial charge in [-0.1, -0.05) is 54.6 Å². The molecule has 0 saturated carbocycles. The number of pyridine rings is 1. The summed E-state index contributed by atoms with van der Waals surface area (Å²) in [5, 5.41) is 0. The number of hydrogen-bond donors (Lipinski definition) is 0. The van der Waals surface area contributed by atoms with Gasteiger partial charge < -0.3 is 4.74 Å². The van der Waals surface area contributed by atoms with E-state index in [0.717, 1.165) is 16.9 Å². The lowest BCUT2D eigenvalue weighted by Crippen LogP contribution is -1.96. The highest BCUT2D eigenvalue weighted by Crippen LogP contribution is 2.15. The Morgan fingerprint density at radius 3 is 2.38 bits per heavy atom. The predicted octanol–water partition coefficient (Wildman–Crippen LogP) is 4.56. The summed E-state index contributed by atoms with van der Waals surface area (Å²) in [6.45, 7) is 0.536. The zero-order valence-corrected chi connectivity index (χ0v) is 13.1. The van der Waals surface area contributed by atoms with Crippen LogP contribution in [0.5, 0.6) is 5.75 Å². The summed E-state index contributed by atoms with van der Waals surface area (Å²) in [6, 6.07) is 22.9. The number of rotatable bonds is 6. The third-order valence-electron chi connectivity index (χ3n) is 3.47. The maximum Gasteiger partial charge on any atom is 0.204 e. The van der Waals surface area contributed by atoms with Crippen LogP contribution in [0.2, 0.25) is 0 Å². The van der Waals surface area contributed by atoms with E-state index in [2.05, 4.69) is 4.98 Å². The number of ketones is 1. The molecule has 0 bridgehead atoms. The Balaban J connectivity index is 1.58. The maximum absolute atomic E-state index is 12.0. The normalized spacial score (nSPS) is 10.7. The zero-order chi connectivity index (χ0) is 16.6. The van der Waals surface area contributed by atoms with Gasteiger partial charge >= 0.3 is 0 Å². The van der Waals surface area contributed by atoms with Crippen molar-refractivity contribution in [2.24, 2.45) is 0 Å². The van der Waals surface area contributed by atoms with Crippen molar-refractivity contribution in [2.75, 3.05) is 0 Å². The third-order valence-corrected chi connectivity index (χ3v) is 3.47. The zero-order valence-electron chi connectivity index (χ0n) is 13.1. The molecule has 1 aromatic heterocycles. The van der Waals surface area contributed by atoms with E-state index >= 15 is 0 Å². The number of aromatic nitrogens is 1. The van der Waals surface area contributed by atoms with Crippen molar-refractivity contribution < 1.29 is 9.53 Å². The van der Waals surface area contributed by atoms with Gasteiger partial charge in [-0.25, -0.2) is 0 Å². The molecule has 0 spiro atoms. The molecule has 0 unspecified atom stereocenters. The number of ether oxygens (including phenoxy) is 1. The monoisotopic (exact) mass is 315 g/mol. The highest BCUT2D eigenvalue weighted by atomic mass is 16.5. The first kappa shape index (κ1) is 15.7. The molecule has 0 amide bonds. The van der Waals surface area contributed by atoms with E-state index in [-0.39, 0.29) is 5.78 Å². The molecule has 0 aliphatic rings. The molecule has 0 fully saturated rings. The average Bonchev–Trinajstić information content (AvgIpc) is 2.67. The van der Waals surface area contributed by atoms with Crippen molar-refractivity contribution in [1.29, 1.82) is 0 Å². The Morgan fingerprint density at radius 2 is 1.67 bits per heavy atom. The number of hydrogen-bond acceptors (Lipinski definition) is 3. The Morgan fingerprint density at radius 1 is 0.917 bits per heavy atom. The van der Waals surface area contributed by atoms with Crippen molar-refractivity contribution in [1.82, 2.24) is 4.98 Å². The average molecular weight is 315 g/mol. The summed E-state index contributed by atoms with van der Waals surface area (Å²) in [7, 11) is 0. The lowest BCUT2D eigenvalue weighted by molar-refractivity contribution is 0.104. The maximum atomic E-state index is 12.0. The van der Waals surface area contributed by atoms with Gasteiger partial charge in [0.2, 0.25) is 5.78 Å². The minimum Gasteiger partial charge on any atom is -0.489 e. The molecule has 0 atom stereocenters. The molecule has 0 aliphatic heterocycles. The molecular formula is C21H17NO2. The van der Waals surface area contributed by atoms with Crippen molar-refractivity contribution in [3.05, 3.63) is 102 Å². The molecule has 3 aromatic rings. The fourth-order valence-corrected chi connectivity index (χ4v) is 2.18. The molecule has 0 saturated heterocycles. The van der Waals surface area contributed by atoms with Gasteiger partial charge in [0, 0.05) is 6.20 Å². The van der Waals surface area contributed by atoms with E-state index in [1.165, 1.54) is 6.08 Å². The highest BCUT2D eigenvalue weighted by molar-refractivity contribution is 6.05. The van der Waals surface area contributed by atoms with E-state index in [1.54, 1.807) is 30.5 Å². The van der Waals surface area contributed by atoms with Crippen LogP contribution >= 0.6 is 0 Å². The highest BCUT2D eigenvalue weighted by Gasteiger charge is 2.01. The van der Waals surface area contributed by atoms with E-state index in [9.17, 15) is 4.79 Å². The van der Waals surface area contributed by atoms with Gasteiger partial charge in [-0.15, -0.1) is 0 Å². The minimum absolute atomic E-state index is 0.111. The van der Waals surface area contributed by atoms with Crippen LogP contribution in [0.3, 0.4) is 0 Å². The van der Waals surface area contributed by atoms with Crippen LogP contribution in [0.1, 0.15) is 21.6 Å². The van der Waals surface area contributed by atoms with Crippen molar-refractivity contribution in [2.45, 2.75) is 6.61 Å². The molecule has 1 heterocycles. The van der Waals surface area contributed by atoms with Crippen LogP contribution in [0.25, 0.3) is 6.08 Å². The van der Waals surface area contributed by atoms with Gasteiger partial charge in [0.25, 0.3) is 0 Å². The van der Waals surface area contributed by atoms with Gasteiger partial charge in [0.15, 0.2) is 0 Å². The molecule has 0 aliphatic carbocycles. The summed E-state index contributed by atoms with van der Waals surface area (Å²) in [5.41, 5.74) is 2.50. The lowest BCUT2D eigenvalue weighted by atomic mass is 10.1. The van der Waals surface area contributed by atoms with Crippen molar-refractivity contribution >= 4 is 11.9 Å². The van der Waals surface area contributed by atoms with Crippen LogP contribution in [0.4, 0.5) is 0 Å². The Hall–Kier alpha value is -3.20. The van der Waals surface area contributed by atoms with Gasteiger partial charge in [0.1, 0.15) is 18.1 Å². The van der Waals surface area contributed by atoms with Gasteiger partial charge in [-0.05, 0) is 41.5 Å². The summed E-state index contributed by atoms with van der Waals surface area (Å²) >= 11 is 0. The van der Waals surface area contributed by atoms with Crippen LogP contribution in [-0.4, -0.2) is 10.8 Å². The Kier molecular flexibility index (Phi) is 5.15. The third kappa shape index (κ3) is 4.40. The first-order valence-electron chi connectivity index (χ1n) is 7.71. The second-order valence-electron chi connectivity index (χ2n) is 5.26.